The molecule has 50 heavy (non-hydrogen) atoms. The molecular formula is C47H35NO2. The number of allylic oxidation sites excluding steroid dienone is 6. The first-order chi connectivity index (χ1) is 24.4. The Morgan fingerprint density at radius 3 is 1.96 bits per heavy atom. The molecule has 0 bridgehead atoms. The number of hydrogen-bond donors (Lipinski definition) is 0. The summed E-state index contributed by atoms with van der Waals surface area (Å²) in [5, 5.41) is 1.85. The van der Waals surface area contributed by atoms with E-state index < -0.39 is 0 Å². The summed E-state index contributed by atoms with van der Waals surface area (Å²) in [5.41, 5.74) is 14.9. The summed E-state index contributed by atoms with van der Waals surface area (Å²) >= 11 is 0. The van der Waals surface area contributed by atoms with Crippen LogP contribution in [0.1, 0.15) is 44.3 Å². The lowest BCUT2D eigenvalue weighted by atomic mass is 9.98. The van der Waals surface area contributed by atoms with E-state index in [2.05, 4.69) is 121 Å². The molecule has 0 aromatic heterocycles. The molecule has 0 saturated heterocycles. The van der Waals surface area contributed by atoms with Gasteiger partial charge in [-0.15, -0.1) is 5.73 Å². The van der Waals surface area contributed by atoms with Gasteiger partial charge in [-0.05, 0) is 119 Å². The van der Waals surface area contributed by atoms with Crippen molar-refractivity contribution in [3.8, 4) is 11.1 Å². The van der Waals surface area contributed by atoms with Gasteiger partial charge in [0.05, 0.1) is 0 Å². The number of aryl methyl sites for hydroxylation is 1. The van der Waals surface area contributed by atoms with Crippen molar-refractivity contribution in [3.05, 3.63) is 203 Å². The molecule has 3 nitrogen and oxygen atoms in total. The van der Waals surface area contributed by atoms with Gasteiger partial charge in [0.25, 0.3) is 0 Å². The highest BCUT2D eigenvalue weighted by atomic mass is 16.1. The molecule has 0 unspecified atom stereocenters. The minimum Gasteiger partial charge on any atom is -0.311 e. The fourth-order valence-electron chi connectivity index (χ4n) is 6.21. The molecule has 0 atom stereocenters. The second-order valence-electron chi connectivity index (χ2n) is 12.4. The summed E-state index contributed by atoms with van der Waals surface area (Å²) in [7, 11) is 0. The van der Waals surface area contributed by atoms with E-state index in [9.17, 15) is 9.59 Å². The molecule has 1 aliphatic carbocycles. The van der Waals surface area contributed by atoms with Crippen LogP contribution in [0.3, 0.4) is 0 Å². The number of hydrogen-bond acceptors (Lipinski definition) is 3. The average molecular weight is 646 g/mol. The lowest BCUT2D eigenvalue weighted by Crippen LogP contribution is -2.10. The Balaban J connectivity index is 1.19. The number of aldehydes is 1. The normalized spacial score (nSPS) is 12.4. The maximum Gasteiger partial charge on any atom is 0.186 e. The number of ketones is 1. The molecule has 0 heterocycles. The number of carbonyl (C=O) groups excluding carboxylic acids is 2. The predicted octanol–water partition coefficient (Wildman–Crippen LogP) is 12.0. The molecule has 7 rings (SSSR count). The molecule has 0 amide bonds. The zero-order valence-electron chi connectivity index (χ0n) is 28.0. The summed E-state index contributed by atoms with van der Waals surface area (Å²) in [6, 6.07) is 45.2. The number of benzene rings is 6. The van der Waals surface area contributed by atoms with Crippen molar-refractivity contribution in [3.63, 3.8) is 0 Å². The molecule has 0 radical (unpaired) electrons. The van der Waals surface area contributed by atoms with Crippen molar-refractivity contribution < 1.29 is 9.59 Å². The van der Waals surface area contributed by atoms with Gasteiger partial charge in [-0.2, -0.15) is 0 Å². The standard InChI is InChI=1S/C47H35NO2/c1-33-7-5-11-36(17-13-33)37-18-24-44(25-19-37)48(45-26-20-38(21-27-45)39-12-6-8-34(2)29-39)43-22-14-35(15-23-43)16-28-47(50)46-31-41-10-4-3-9-40(41)30-42(46)32-49/h3-12,14-32H,1-2H3/b28-16+. The van der Waals surface area contributed by atoms with Crippen LogP contribution in [-0.4, -0.2) is 12.1 Å². The summed E-state index contributed by atoms with van der Waals surface area (Å²) in [6.07, 6.45) is 12.3. The molecule has 0 aliphatic heterocycles. The van der Waals surface area contributed by atoms with E-state index in [1.165, 1.54) is 17.2 Å². The Bertz CT molecular complexity index is 2380. The third-order valence-corrected chi connectivity index (χ3v) is 8.90. The molecule has 1 aliphatic rings. The second-order valence-corrected chi connectivity index (χ2v) is 12.4. The van der Waals surface area contributed by atoms with Gasteiger partial charge in [-0.1, -0.05) is 115 Å². The van der Waals surface area contributed by atoms with Crippen LogP contribution in [0.2, 0.25) is 0 Å². The Hall–Kier alpha value is -6.54. The number of carbonyl (C=O) groups is 2. The summed E-state index contributed by atoms with van der Waals surface area (Å²) < 4.78 is 0. The van der Waals surface area contributed by atoms with Crippen molar-refractivity contribution in [2.45, 2.75) is 13.8 Å². The van der Waals surface area contributed by atoms with Crippen LogP contribution in [0.25, 0.3) is 33.5 Å². The van der Waals surface area contributed by atoms with Crippen LogP contribution in [0.15, 0.2) is 175 Å². The summed E-state index contributed by atoms with van der Waals surface area (Å²) in [6.45, 7) is 4.15. The van der Waals surface area contributed by atoms with Gasteiger partial charge in [-0.25, -0.2) is 0 Å². The van der Waals surface area contributed by atoms with E-state index in [-0.39, 0.29) is 5.78 Å². The number of rotatable bonds is 9. The van der Waals surface area contributed by atoms with E-state index in [1.807, 2.05) is 49.4 Å². The molecule has 3 heteroatoms. The zero-order chi connectivity index (χ0) is 34.5. The highest BCUT2D eigenvalue weighted by Crippen LogP contribution is 2.37. The molecule has 0 spiro atoms. The second kappa shape index (κ2) is 14.3. The van der Waals surface area contributed by atoms with Gasteiger partial charge in [0.15, 0.2) is 12.1 Å². The van der Waals surface area contributed by atoms with Crippen LogP contribution < -0.4 is 4.90 Å². The average Bonchev–Trinajstić information content (AvgIpc) is 3.38. The zero-order valence-corrected chi connectivity index (χ0v) is 28.0. The third-order valence-electron chi connectivity index (χ3n) is 8.90. The van der Waals surface area contributed by atoms with Gasteiger partial charge in [0, 0.05) is 28.2 Å². The smallest absolute Gasteiger partial charge is 0.186 e. The topological polar surface area (TPSA) is 37.4 Å². The summed E-state index contributed by atoms with van der Waals surface area (Å²) in [4.78, 5) is 27.3. The Morgan fingerprint density at radius 1 is 0.660 bits per heavy atom. The Labute approximate surface area is 293 Å². The first-order valence-electron chi connectivity index (χ1n) is 16.6. The minimum atomic E-state index is -0.211. The lowest BCUT2D eigenvalue weighted by Gasteiger charge is -2.26. The lowest BCUT2D eigenvalue weighted by molar-refractivity contribution is 0.103. The van der Waals surface area contributed by atoms with Crippen molar-refractivity contribution in [1.82, 2.24) is 0 Å². The van der Waals surface area contributed by atoms with E-state index in [0.717, 1.165) is 62.0 Å². The van der Waals surface area contributed by atoms with Crippen molar-refractivity contribution >= 4 is 51.6 Å². The molecule has 6 aromatic rings. The monoisotopic (exact) mass is 645 g/mol. The SMILES string of the molecule is CC1=C=CC(c2ccc(N(c3ccc(/C=C/C(=O)c4cc5ccccc5cc4C=O)cc3)c3ccc(-c4cccc(C)c4)cc3)cc2)=CC=C1. The maximum atomic E-state index is 13.2. The molecule has 0 saturated carbocycles. The number of anilines is 3. The highest BCUT2D eigenvalue weighted by Gasteiger charge is 2.14. The Kier molecular flexibility index (Phi) is 9.16. The fraction of sp³-hybridized carbons (Fsp3) is 0.0426. The first-order valence-corrected chi connectivity index (χ1v) is 16.6. The van der Waals surface area contributed by atoms with Gasteiger partial charge >= 0.3 is 0 Å². The molecule has 240 valence electrons. The number of nitrogens with zero attached hydrogens (tertiary/aromatic N) is 1. The van der Waals surface area contributed by atoms with Crippen molar-refractivity contribution in [1.29, 1.82) is 0 Å². The molecule has 0 fully saturated rings. The minimum absolute atomic E-state index is 0.211. The van der Waals surface area contributed by atoms with Gasteiger partial charge < -0.3 is 4.90 Å². The van der Waals surface area contributed by atoms with Crippen LogP contribution in [0.5, 0.6) is 0 Å². The van der Waals surface area contributed by atoms with E-state index >= 15 is 0 Å². The van der Waals surface area contributed by atoms with Crippen LogP contribution in [-0.2, 0) is 0 Å². The van der Waals surface area contributed by atoms with E-state index in [0.29, 0.717) is 11.1 Å². The quantitative estimate of drug-likeness (QED) is 0.0679. The van der Waals surface area contributed by atoms with Gasteiger partial charge in [0.2, 0.25) is 0 Å². The third kappa shape index (κ3) is 7.00. The van der Waals surface area contributed by atoms with Gasteiger partial charge in [-0.3, -0.25) is 9.59 Å². The van der Waals surface area contributed by atoms with Crippen molar-refractivity contribution in [2.24, 2.45) is 0 Å². The Morgan fingerprint density at radius 2 is 1.30 bits per heavy atom. The van der Waals surface area contributed by atoms with E-state index in [1.54, 1.807) is 18.2 Å². The highest BCUT2D eigenvalue weighted by molar-refractivity contribution is 6.13. The first kappa shape index (κ1) is 32.0. The van der Waals surface area contributed by atoms with E-state index in [4.69, 9.17) is 0 Å². The van der Waals surface area contributed by atoms with Gasteiger partial charge in [0.1, 0.15) is 0 Å². The molecular weight excluding hydrogens is 611 g/mol. The predicted molar refractivity (Wildman–Crippen MR) is 208 cm³/mol. The molecule has 6 aromatic carbocycles. The largest absolute Gasteiger partial charge is 0.311 e. The van der Waals surface area contributed by atoms with Crippen LogP contribution >= 0.6 is 0 Å². The van der Waals surface area contributed by atoms with Crippen molar-refractivity contribution in [2.75, 3.05) is 4.90 Å². The number of fused-ring (bicyclic) bond motifs is 1. The van der Waals surface area contributed by atoms with Crippen LogP contribution in [0, 0.1) is 6.92 Å². The van der Waals surface area contributed by atoms with Crippen LogP contribution in [0.4, 0.5) is 17.1 Å². The molecule has 0 N–H and O–H groups in total. The maximum absolute atomic E-state index is 13.2. The fourth-order valence-corrected chi connectivity index (χ4v) is 6.21. The summed E-state index contributed by atoms with van der Waals surface area (Å²) in [5.74, 6) is -0.211.